The second kappa shape index (κ2) is 7.44. The smallest absolute Gasteiger partial charge is 0.257 e. The molecule has 0 radical (unpaired) electrons. The predicted molar refractivity (Wildman–Crippen MR) is 88.4 cm³/mol. The number of rotatable bonds is 4. The minimum atomic E-state index is 0.137. The van der Waals surface area contributed by atoms with Gasteiger partial charge < -0.3 is 14.2 Å². The minimum Gasteiger partial charge on any atom is -0.497 e. The Labute approximate surface area is 141 Å². The third-order valence-corrected chi connectivity index (χ3v) is 4.20. The van der Waals surface area contributed by atoms with Crippen molar-refractivity contribution in [3.05, 3.63) is 30.1 Å². The highest BCUT2D eigenvalue weighted by Gasteiger charge is 2.18. The SMILES string of the molecule is COc1ccc(-c2nc(CN3CCCN(C(C)=O)CC3)no2)cc1. The van der Waals surface area contributed by atoms with E-state index in [0.717, 1.165) is 43.9 Å². The van der Waals surface area contributed by atoms with E-state index in [0.29, 0.717) is 18.3 Å². The summed E-state index contributed by atoms with van der Waals surface area (Å²) in [5.74, 6) is 2.10. The Kier molecular flexibility index (Phi) is 5.10. The number of aromatic nitrogens is 2. The van der Waals surface area contributed by atoms with Gasteiger partial charge in [0.15, 0.2) is 5.82 Å². The highest BCUT2D eigenvalue weighted by atomic mass is 16.5. The Morgan fingerprint density at radius 2 is 2.00 bits per heavy atom. The van der Waals surface area contributed by atoms with Crippen LogP contribution in [-0.2, 0) is 11.3 Å². The largest absolute Gasteiger partial charge is 0.497 e. The molecule has 7 heteroatoms. The van der Waals surface area contributed by atoms with Gasteiger partial charge in [0, 0.05) is 38.7 Å². The van der Waals surface area contributed by atoms with Crippen LogP contribution >= 0.6 is 0 Å². The average molecular weight is 330 g/mol. The maximum Gasteiger partial charge on any atom is 0.257 e. The number of benzene rings is 1. The Hall–Kier alpha value is -2.41. The van der Waals surface area contributed by atoms with E-state index in [4.69, 9.17) is 9.26 Å². The van der Waals surface area contributed by atoms with Crippen molar-refractivity contribution in [3.8, 4) is 17.2 Å². The summed E-state index contributed by atoms with van der Waals surface area (Å²) in [4.78, 5) is 20.1. The van der Waals surface area contributed by atoms with E-state index in [2.05, 4.69) is 15.0 Å². The lowest BCUT2D eigenvalue weighted by molar-refractivity contribution is -0.128. The summed E-state index contributed by atoms with van der Waals surface area (Å²) in [5.41, 5.74) is 0.869. The van der Waals surface area contributed by atoms with Crippen LogP contribution in [-0.4, -0.2) is 59.1 Å². The van der Waals surface area contributed by atoms with Gasteiger partial charge in [-0.1, -0.05) is 5.16 Å². The van der Waals surface area contributed by atoms with Crippen LogP contribution in [0.1, 0.15) is 19.2 Å². The van der Waals surface area contributed by atoms with E-state index in [9.17, 15) is 4.79 Å². The zero-order valence-electron chi connectivity index (χ0n) is 14.1. The lowest BCUT2D eigenvalue weighted by Gasteiger charge is -2.19. The second-order valence-electron chi connectivity index (χ2n) is 5.88. The number of hydrogen-bond acceptors (Lipinski definition) is 6. The van der Waals surface area contributed by atoms with E-state index in [1.165, 1.54) is 0 Å². The zero-order chi connectivity index (χ0) is 16.9. The molecule has 1 aromatic carbocycles. The molecular weight excluding hydrogens is 308 g/mol. The summed E-state index contributed by atoms with van der Waals surface area (Å²) in [6.45, 7) is 5.57. The average Bonchev–Trinajstić information content (AvgIpc) is 2.92. The molecule has 1 aromatic heterocycles. The van der Waals surface area contributed by atoms with Crippen molar-refractivity contribution < 1.29 is 14.1 Å². The third kappa shape index (κ3) is 3.91. The Balaban J connectivity index is 1.62. The molecule has 1 aliphatic heterocycles. The van der Waals surface area contributed by atoms with E-state index in [1.54, 1.807) is 14.0 Å². The highest BCUT2D eigenvalue weighted by Crippen LogP contribution is 2.21. The van der Waals surface area contributed by atoms with Crippen LogP contribution in [0.2, 0.25) is 0 Å². The minimum absolute atomic E-state index is 0.137. The van der Waals surface area contributed by atoms with Gasteiger partial charge in [0.25, 0.3) is 5.89 Å². The molecule has 24 heavy (non-hydrogen) atoms. The summed E-state index contributed by atoms with van der Waals surface area (Å²) < 4.78 is 10.5. The highest BCUT2D eigenvalue weighted by molar-refractivity contribution is 5.73. The Morgan fingerprint density at radius 1 is 1.21 bits per heavy atom. The van der Waals surface area contributed by atoms with Crippen molar-refractivity contribution in [2.24, 2.45) is 0 Å². The monoisotopic (exact) mass is 330 g/mol. The van der Waals surface area contributed by atoms with Crippen LogP contribution in [0.5, 0.6) is 5.75 Å². The summed E-state index contributed by atoms with van der Waals surface area (Å²) in [6, 6.07) is 7.52. The van der Waals surface area contributed by atoms with Gasteiger partial charge in [-0.25, -0.2) is 0 Å². The summed E-state index contributed by atoms with van der Waals surface area (Å²) in [7, 11) is 1.63. The van der Waals surface area contributed by atoms with Crippen molar-refractivity contribution in [3.63, 3.8) is 0 Å². The predicted octanol–water partition coefficient (Wildman–Crippen LogP) is 1.80. The lowest BCUT2D eigenvalue weighted by Crippen LogP contribution is -2.33. The van der Waals surface area contributed by atoms with Gasteiger partial charge in [-0.15, -0.1) is 0 Å². The fourth-order valence-electron chi connectivity index (χ4n) is 2.81. The second-order valence-corrected chi connectivity index (χ2v) is 5.88. The van der Waals surface area contributed by atoms with E-state index in [-0.39, 0.29) is 5.91 Å². The molecule has 1 saturated heterocycles. The molecule has 0 unspecified atom stereocenters. The van der Waals surface area contributed by atoms with Gasteiger partial charge >= 0.3 is 0 Å². The van der Waals surface area contributed by atoms with Gasteiger partial charge in [-0.2, -0.15) is 4.98 Å². The first kappa shape index (κ1) is 16.4. The molecule has 0 N–H and O–H groups in total. The number of amides is 1. The van der Waals surface area contributed by atoms with Gasteiger partial charge in [0.2, 0.25) is 5.91 Å². The summed E-state index contributed by atoms with van der Waals surface area (Å²) in [5, 5.41) is 4.07. The van der Waals surface area contributed by atoms with Crippen molar-refractivity contribution in [2.45, 2.75) is 19.9 Å². The molecule has 0 saturated carbocycles. The topological polar surface area (TPSA) is 71.7 Å². The maximum absolute atomic E-state index is 11.5. The molecular formula is C17H22N4O3. The number of methoxy groups -OCH3 is 1. The van der Waals surface area contributed by atoms with Crippen LogP contribution < -0.4 is 4.74 Å². The molecule has 128 valence electrons. The molecule has 2 aromatic rings. The fourth-order valence-corrected chi connectivity index (χ4v) is 2.81. The van der Waals surface area contributed by atoms with Crippen LogP contribution in [0, 0.1) is 0 Å². The van der Waals surface area contributed by atoms with Crippen molar-refractivity contribution >= 4 is 5.91 Å². The van der Waals surface area contributed by atoms with Crippen molar-refractivity contribution in [1.82, 2.24) is 19.9 Å². The fraction of sp³-hybridized carbons (Fsp3) is 0.471. The molecule has 1 aliphatic rings. The van der Waals surface area contributed by atoms with Crippen LogP contribution in [0.4, 0.5) is 0 Å². The summed E-state index contributed by atoms with van der Waals surface area (Å²) in [6.07, 6.45) is 0.961. The van der Waals surface area contributed by atoms with Crippen LogP contribution in [0.3, 0.4) is 0 Å². The Bertz CT molecular complexity index is 683. The lowest BCUT2D eigenvalue weighted by atomic mass is 10.2. The van der Waals surface area contributed by atoms with Crippen LogP contribution in [0.25, 0.3) is 11.5 Å². The van der Waals surface area contributed by atoms with Crippen molar-refractivity contribution in [1.29, 1.82) is 0 Å². The molecule has 7 nitrogen and oxygen atoms in total. The third-order valence-electron chi connectivity index (χ3n) is 4.20. The number of nitrogens with zero attached hydrogens (tertiary/aromatic N) is 4. The zero-order valence-corrected chi connectivity index (χ0v) is 14.1. The molecule has 1 amide bonds. The summed E-state index contributed by atoms with van der Waals surface area (Å²) >= 11 is 0. The Morgan fingerprint density at radius 3 is 2.71 bits per heavy atom. The molecule has 0 spiro atoms. The van der Waals surface area contributed by atoms with Gasteiger partial charge in [-0.05, 0) is 30.7 Å². The molecule has 0 aliphatic carbocycles. The number of carbonyl (C=O) groups excluding carboxylic acids is 1. The molecule has 0 atom stereocenters. The molecule has 2 heterocycles. The van der Waals surface area contributed by atoms with Gasteiger partial charge in [-0.3, -0.25) is 9.69 Å². The number of ether oxygens (including phenoxy) is 1. The first-order valence-corrected chi connectivity index (χ1v) is 8.10. The van der Waals surface area contributed by atoms with E-state index >= 15 is 0 Å². The normalized spacial score (nSPS) is 16.0. The number of hydrogen-bond donors (Lipinski definition) is 0. The van der Waals surface area contributed by atoms with Gasteiger partial charge in [0.1, 0.15) is 5.75 Å². The number of carbonyl (C=O) groups is 1. The quantitative estimate of drug-likeness (QED) is 0.851. The van der Waals surface area contributed by atoms with E-state index in [1.807, 2.05) is 29.2 Å². The first-order chi connectivity index (χ1) is 11.7. The van der Waals surface area contributed by atoms with Crippen molar-refractivity contribution in [2.75, 3.05) is 33.3 Å². The first-order valence-electron chi connectivity index (χ1n) is 8.10. The molecule has 1 fully saturated rings. The standard InChI is InChI=1S/C17H22N4O3/c1-13(22)21-9-3-8-20(10-11-21)12-16-18-17(24-19-16)14-4-6-15(23-2)7-5-14/h4-7H,3,8-12H2,1-2H3. The molecule has 0 bridgehead atoms. The van der Waals surface area contributed by atoms with Crippen LogP contribution in [0.15, 0.2) is 28.8 Å². The molecule has 3 rings (SSSR count). The van der Waals surface area contributed by atoms with Gasteiger partial charge in [0.05, 0.1) is 13.7 Å². The van der Waals surface area contributed by atoms with E-state index < -0.39 is 0 Å². The maximum atomic E-state index is 11.5.